The van der Waals surface area contributed by atoms with Crippen molar-refractivity contribution < 1.29 is 24.6 Å². The molecule has 1 aromatic rings. The monoisotopic (exact) mass is 301 g/mol. The van der Waals surface area contributed by atoms with E-state index in [1.165, 1.54) is 21.6 Å². The smallest absolute Gasteiger partial charge is 0.394 e. The molecule has 0 saturated heterocycles. The minimum absolute atomic E-state index is 0.0634. The summed E-state index contributed by atoms with van der Waals surface area (Å²) in [7, 11) is 2.58. The van der Waals surface area contributed by atoms with Crippen LogP contribution in [0, 0.1) is 0 Å². The largest absolute Gasteiger partial charge is 0.480 e. The highest BCUT2D eigenvalue weighted by Gasteiger charge is 2.23. The van der Waals surface area contributed by atoms with Crippen LogP contribution in [0.1, 0.15) is 0 Å². The van der Waals surface area contributed by atoms with Gasteiger partial charge < -0.3 is 15.5 Å². The molecule has 0 aliphatic carbocycles. The van der Waals surface area contributed by atoms with Crippen LogP contribution in [0.3, 0.4) is 0 Å². The van der Waals surface area contributed by atoms with E-state index >= 15 is 0 Å². The van der Waals surface area contributed by atoms with Crippen molar-refractivity contribution in [1.29, 1.82) is 0 Å². The molecule has 6 nitrogen and oxygen atoms in total. The van der Waals surface area contributed by atoms with Crippen LogP contribution in [0.15, 0.2) is 35.2 Å². The molecule has 0 aliphatic rings. The van der Waals surface area contributed by atoms with Crippen LogP contribution in [0.2, 0.25) is 0 Å². The maximum Gasteiger partial charge on any atom is 0.394 e. The zero-order valence-corrected chi connectivity index (χ0v) is 11.2. The fourth-order valence-corrected chi connectivity index (χ4v) is 3.23. The third kappa shape index (κ3) is 5.66. The number of carbonyl (C=O) groups excluding carboxylic acids is 1. The van der Waals surface area contributed by atoms with Gasteiger partial charge in [0.25, 0.3) is 0 Å². The van der Waals surface area contributed by atoms with Crippen molar-refractivity contribution >= 4 is 39.4 Å². The van der Waals surface area contributed by atoms with Gasteiger partial charge >= 0.3 is 17.8 Å². The fraction of sp³-hybridized carbons (Fsp3) is 0.182. The van der Waals surface area contributed by atoms with Crippen LogP contribution in [-0.4, -0.2) is 39.9 Å². The number of nitrogens with one attached hydrogen (secondary N) is 1. The average molecular weight is 301 g/mol. The van der Waals surface area contributed by atoms with Crippen LogP contribution in [0.5, 0.6) is 0 Å². The molecule has 0 fully saturated rings. The zero-order valence-electron chi connectivity index (χ0n) is 9.61. The first-order chi connectivity index (χ1) is 9.00. The molecule has 0 bridgehead atoms. The van der Waals surface area contributed by atoms with Crippen molar-refractivity contribution in [2.75, 3.05) is 5.75 Å². The maximum absolute atomic E-state index is 10.9. The first kappa shape index (κ1) is 15.4. The Morgan fingerprint density at radius 2 is 1.79 bits per heavy atom. The molecule has 3 N–H and O–H groups in total. The van der Waals surface area contributed by atoms with Crippen LogP contribution in [0.4, 0.5) is 0 Å². The van der Waals surface area contributed by atoms with E-state index in [1.54, 1.807) is 0 Å². The van der Waals surface area contributed by atoms with Gasteiger partial charge in [0.2, 0.25) is 0 Å². The Labute approximate surface area is 117 Å². The summed E-state index contributed by atoms with van der Waals surface area (Å²) in [5.74, 6) is -4.23. The summed E-state index contributed by atoms with van der Waals surface area (Å²) in [6.07, 6.45) is 0. The lowest BCUT2D eigenvalue weighted by molar-refractivity contribution is -0.151. The molecule has 1 rings (SSSR count). The van der Waals surface area contributed by atoms with Gasteiger partial charge in [0.15, 0.2) is 0 Å². The Kier molecular flexibility index (Phi) is 6.23. The minimum Gasteiger partial charge on any atom is -0.480 e. The molecule has 0 spiro atoms. The summed E-state index contributed by atoms with van der Waals surface area (Å²) in [6.45, 7) is 0. The molecule has 0 radical (unpaired) electrons. The third-order valence-electron chi connectivity index (χ3n) is 1.93. The van der Waals surface area contributed by atoms with Crippen molar-refractivity contribution in [1.82, 2.24) is 5.32 Å². The van der Waals surface area contributed by atoms with Crippen LogP contribution < -0.4 is 5.32 Å². The van der Waals surface area contributed by atoms with Crippen LogP contribution >= 0.6 is 21.6 Å². The molecule has 0 saturated carbocycles. The Hall–Kier alpha value is -1.67. The lowest BCUT2D eigenvalue weighted by Crippen LogP contribution is -2.45. The molecule has 1 atom stereocenters. The van der Waals surface area contributed by atoms with Gasteiger partial charge in [-0.15, -0.1) is 0 Å². The number of carbonyl (C=O) groups is 3. The second kappa shape index (κ2) is 7.70. The normalized spacial score (nSPS) is 11.6. The van der Waals surface area contributed by atoms with E-state index in [0.29, 0.717) is 0 Å². The van der Waals surface area contributed by atoms with E-state index in [9.17, 15) is 14.4 Å². The SMILES string of the molecule is O=C(O)C(=O)N[C@@H](CSSc1ccccc1)C(=O)O. The van der Waals surface area contributed by atoms with Gasteiger partial charge in [-0.1, -0.05) is 39.8 Å². The molecule has 1 amide bonds. The van der Waals surface area contributed by atoms with Gasteiger partial charge in [-0.25, -0.2) is 9.59 Å². The number of aliphatic carboxylic acids is 2. The number of amides is 1. The van der Waals surface area contributed by atoms with Gasteiger partial charge in [0, 0.05) is 10.6 Å². The summed E-state index contributed by atoms with van der Waals surface area (Å²) < 4.78 is 0. The van der Waals surface area contributed by atoms with Crippen molar-refractivity contribution in [3.8, 4) is 0 Å². The minimum atomic E-state index is -1.70. The highest BCUT2D eigenvalue weighted by atomic mass is 33.1. The molecule has 0 heterocycles. The van der Waals surface area contributed by atoms with Gasteiger partial charge in [-0.3, -0.25) is 4.79 Å². The average Bonchev–Trinajstić information content (AvgIpc) is 2.38. The number of carboxylic acid groups (broad SMARTS) is 2. The standard InChI is InChI=1S/C11H11NO5S2/c13-9(11(16)17)12-8(10(14)15)6-18-19-7-4-2-1-3-5-7/h1-5,8H,6H2,(H,12,13)(H,14,15)(H,16,17)/t8-/m0/s1. The second-order valence-corrected chi connectivity index (χ2v) is 5.76. The molecule has 0 aromatic heterocycles. The maximum atomic E-state index is 10.9. The zero-order chi connectivity index (χ0) is 14.3. The van der Waals surface area contributed by atoms with Crippen LogP contribution in [-0.2, 0) is 14.4 Å². The number of rotatable bonds is 6. The van der Waals surface area contributed by atoms with Gasteiger partial charge in [-0.2, -0.15) is 0 Å². The summed E-state index contributed by atoms with van der Waals surface area (Å²) in [6, 6.07) is 8.06. The summed E-state index contributed by atoms with van der Waals surface area (Å²) in [4.78, 5) is 33.1. The van der Waals surface area contributed by atoms with E-state index in [-0.39, 0.29) is 5.75 Å². The molecular formula is C11H11NO5S2. The first-order valence-corrected chi connectivity index (χ1v) is 7.43. The van der Waals surface area contributed by atoms with E-state index < -0.39 is 23.9 Å². The highest BCUT2D eigenvalue weighted by molar-refractivity contribution is 8.76. The number of carboxylic acids is 2. The predicted molar refractivity (Wildman–Crippen MR) is 72.0 cm³/mol. The van der Waals surface area contributed by atoms with Gasteiger partial charge in [0.05, 0.1) is 0 Å². The molecule has 0 unspecified atom stereocenters. The lowest BCUT2D eigenvalue weighted by atomic mass is 10.3. The Morgan fingerprint density at radius 1 is 1.16 bits per heavy atom. The quantitative estimate of drug-likeness (QED) is 0.533. The number of hydrogen-bond acceptors (Lipinski definition) is 5. The molecular weight excluding hydrogens is 290 g/mol. The highest BCUT2D eigenvalue weighted by Crippen LogP contribution is 2.30. The second-order valence-electron chi connectivity index (χ2n) is 3.35. The third-order valence-corrected chi connectivity index (χ3v) is 4.32. The summed E-state index contributed by atoms with van der Waals surface area (Å²) >= 11 is 0. The van der Waals surface area contributed by atoms with Crippen molar-refractivity contribution in [2.45, 2.75) is 10.9 Å². The summed E-state index contributed by atoms with van der Waals surface area (Å²) in [5.41, 5.74) is 0. The van der Waals surface area contributed by atoms with Gasteiger partial charge in [0.1, 0.15) is 6.04 Å². The summed E-state index contributed by atoms with van der Waals surface area (Å²) in [5, 5.41) is 19.2. The number of benzene rings is 1. The molecule has 102 valence electrons. The molecule has 19 heavy (non-hydrogen) atoms. The van der Waals surface area contributed by atoms with Crippen molar-refractivity contribution in [2.24, 2.45) is 0 Å². The van der Waals surface area contributed by atoms with E-state index in [2.05, 4.69) is 0 Å². The molecule has 0 aliphatic heterocycles. The Bertz CT molecular complexity index is 465. The lowest BCUT2D eigenvalue weighted by Gasteiger charge is -2.11. The van der Waals surface area contributed by atoms with E-state index in [1.807, 2.05) is 35.6 Å². The van der Waals surface area contributed by atoms with Crippen molar-refractivity contribution in [3.63, 3.8) is 0 Å². The van der Waals surface area contributed by atoms with Crippen molar-refractivity contribution in [3.05, 3.63) is 30.3 Å². The topological polar surface area (TPSA) is 104 Å². The van der Waals surface area contributed by atoms with E-state index in [0.717, 1.165) is 4.90 Å². The van der Waals surface area contributed by atoms with E-state index in [4.69, 9.17) is 10.2 Å². The Morgan fingerprint density at radius 3 is 2.32 bits per heavy atom. The van der Waals surface area contributed by atoms with Gasteiger partial charge in [-0.05, 0) is 12.1 Å². The van der Waals surface area contributed by atoms with Crippen LogP contribution in [0.25, 0.3) is 0 Å². The Balaban J connectivity index is 2.44. The molecule has 8 heteroatoms. The first-order valence-electron chi connectivity index (χ1n) is 5.12. The number of hydrogen-bond donors (Lipinski definition) is 3. The fourth-order valence-electron chi connectivity index (χ4n) is 1.04. The molecule has 1 aromatic carbocycles. The predicted octanol–water partition coefficient (Wildman–Crippen LogP) is 1.08.